The normalized spacial score (nSPS) is 12.8. The van der Waals surface area contributed by atoms with E-state index in [1.165, 1.54) is 33.8 Å². The van der Waals surface area contributed by atoms with E-state index in [2.05, 4.69) is 77.7 Å². The van der Waals surface area contributed by atoms with Gasteiger partial charge in [0.25, 0.3) is 0 Å². The fourth-order valence-electron chi connectivity index (χ4n) is 3.90. The molecule has 0 amide bonds. The number of thiophene rings is 1. The van der Waals surface area contributed by atoms with Crippen molar-refractivity contribution in [3.63, 3.8) is 0 Å². The molecular formula is C25H19NOS. The Balaban J connectivity index is 1.61. The van der Waals surface area contributed by atoms with Gasteiger partial charge in [-0.2, -0.15) is 0 Å². The standard InChI is InChI=1S/C25H19NOS/c27-17-22-15-16-25(28-22)20-11-13-21(14-12-20)26-23-7-3-1-5-18(23)9-10-19-6-2-4-8-24(19)26/h1-8,11-17H,9-10H2. The first-order valence-electron chi connectivity index (χ1n) is 9.45. The Bertz CT molecular complexity index is 1100. The van der Waals surface area contributed by atoms with Crippen LogP contribution >= 0.6 is 11.3 Å². The van der Waals surface area contributed by atoms with Crippen LogP contribution in [0.2, 0.25) is 0 Å². The zero-order chi connectivity index (χ0) is 18.9. The number of rotatable bonds is 3. The van der Waals surface area contributed by atoms with Gasteiger partial charge in [-0.1, -0.05) is 48.5 Å². The zero-order valence-corrected chi connectivity index (χ0v) is 16.2. The summed E-state index contributed by atoms with van der Waals surface area (Å²) in [7, 11) is 0. The first-order valence-corrected chi connectivity index (χ1v) is 10.3. The third-order valence-corrected chi connectivity index (χ3v) is 6.34. The van der Waals surface area contributed by atoms with E-state index in [9.17, 15) is 4.79 Å². The highest BCUT2D eigenvalue weighted by atomic mass is 32.1. The maximum atomic E-state index is 11.0. The van der Waals surface area contributed by atoms with Crippen molar-refractivity contribution in [2.75, 3.05) is 4.90 Å². The lowest BCUT2D eigenvalue weighted by atomic mass is 10.0. The Morgan fingerprint density at radius 2 is 1.32 bits per heavy atom. The maximum absolute atomic E-state index is 11.0. The Morgan fingerprint density at radius 1 is 0.714 bits per heavy atom. The van der Waals surface area contributed by atoms with E-state index < -0.39 is 0 Å². The lowest BCUT2D eigenvalue weighted by molar-refractivity contribution is 0.112. The van der Waals surface area contributed by atoms with Gasteiger partial charge in [0.15, 0.2) is 6.29 Å². The van der Waals surface area contributed by atoms with Crippen molar-refractivity contribution in [2.24, 2.45) is 0 Å². The molecule has 1 aromatic heterocycles. The van der Waals surface area contributed by atoms with E-state index in [1.54, 1.807) is 0 Å². The van der Waals surface area contributed by atoms with Crippen molar-refractivity contribution in [1.82, 2.24) is 0 Å². The molecule has 3 heteroatoms. The highest BCUT2D eigenvalue weighted by Gasteiger charge is 2.21. The van der Waals surface area contributed by atoms with Crippen LogP contribution in [-0.2, 0) is 12.8 Å². The Morgan fingerprint density at radius 3 is 1.89 bits per heavy atom. The second kappa shape index (κ2) is 7.10. The van der Waals surface area contributed by atoms with Gasteiger partial charge in [-0.05, 0) is 65.9 Å². The molecule has 0 saturated heterocycles. The Labute approximate surface area is 168 Å². The van der Waals surface area contributed by atoms with Crippen molar-refractivity contribution in [3.8, 4) is 10.4 Å². The maximum Gasteiger partial charge on any atom is 0.160 e. The Kier molecular flexibility index (Phi) is 4.30. The summed E-state index contributed by atoms with van der Waals surface area (Å²) in [6.07, 6.45) is 3.00. The van der Waals surface area contributed by atoms with E-state index in [-0.39, 0.29) is 0 Å². The second-order valence-corrected chi connectivity index (χ2v) is 8.07. The van der Waals surface area contributed by atoms with E-state index >= 15 is 0 Å². The number of hydrogen-bond donors (Lipinski definition) is 0. The number of benzene rings is 3. The molecule has 4 aromatic rings. The summed E-state index contributed by atoms with van der Waals surface area (Å²) in [6.45, 7) is 0. The van der Waals surface area contributed by atoms with E-state index in [4.69, 9.17) is 0 Å². The molecule has 0 spiro atoms. The van der Waals surface area contributed by atoms with E-state index in [0.29, 0.717) is 0 Å². The average molecular weight is 382 g/mol. The van der Waals surface area contributed by atoms with Crippen LogP contribution in [0.25, 0.3) is 10.4 Å². The number of hydrogen-bond acceptors (Lipinski definition) is 3. The van der Waals surface area contributed by atoms with E-state index in [1.807, 2.05) is 12.1 Å². The molecule has 0 N–H and O–H groups in total. The van der Waals surface area contributed by atoms with Gasteiger partial charge in [0, 0.05) is 21.9 Å². The van der Waals surface area contributed by atoms with Gasteiger partial charge in [0.05, 0.1) is 4.88 Å². The highest BCUT2D eigenvalue weighted by molar-refractivity contribution is 7.17. The number of aryl methyl sites for hydroxylation is 2. The lowest BCUT2D eigenvalue weighted by Gasteiger charge is -2.27. The van der Waals surface area contributed by atoms with E-state index in [0.717, 1.165) is 40.1 Å². The van der Waals surface area contributed by atoms with Crippen LogP contribution < -0.4 is 4.90 Å². The SMILES string of the molecule is O=Cc1ccc(-c2ccc(N3c4ccccc4CCc4ccccc43)cc2)s1. The molecule has 0 radical (unpaired) electrons. The van der Waals surface area contributed by atoms with Crippen molar-refractivity contribution in [1.29, 1.82) is 0 Å². The zero-order valence-electron chi connectivity index (χ0n) is 15.3. The molecule has 3 aromatic carbocycles. The molecule has 1 aliphatic heterocycles. The molecule has 2 heterocycles. The number of carbonyl (C=O) groups excluding carboxylic acids is 1. The number of para-hydroxylation sites is 2. The monoisotopic (exact) mass is 381 g/mol. The predicted molar refractivity (Wildman–Crippen MR) is 117 cm³/mol. The average Bonchev–Trinajstić information content (AvgIpc) is 3.17. The molecule has 0 aliphatic carbocycles. The molecule has 0 unspecified atom stereocenters. The quantitative estimate of drug-likeness (QED) is 0.364. The predicted octanol–water partition coefficient (Wildman–Crippen LogP) is 6.80. The van der Waals surface area contributed by atoms with Crippen LogP contribution in [0.4, 0.5) is 17.1 Å². The van der Waals surface area contributed by atoms with Gasteiger partial charge in [-0.15, -0.1) is 11.3 Å². The molecule has 0 fully saturated rings. The third kappa shape index (κ3) is 2.94. The van der Waals surface area contributed by atoms with Crippen LogP contribution in [0.5, 0.6) is 0 Å². The number of carbonyl (C=O) groups is 1. The van der Waals surface area contributed by atoms with Gasteiger partial charge in [-0.25, -0.2) is 0 Å². The topological polar surface area (TPSA) is 20.3 Å². The van der Waals surface area contributed by atoms with Crippen LogP contribution in [0.3, 0.4) is 0 Å². The number of fused-ring (bicyclic) bond motifs is 2. The summed E-state index contributed by atoms with van der Waals surface area (Å²) in [6, 6.07) is 29.9. The number of aldehydes is 1. The van der Waals surface area contributed by atoms with Crippen molar-refractivity contribution < 1.29 is 4.79 Å². The lowest BCUT2D eigenvalue weighted by Crippen LogP contribution is -2.11. The number of nitrogens with zero attached hydrogens (tertiary/aromatic N) is 1. The van der Waals surface area contributed by atoms with Crippen molar-refractivity contribution in [2.45, 2.75) is 12.8 Å². The van der Waals surface area contributed by atoms with Crippen LogP contribution in [-0.4, -0.2) is 6.29 Å². The van der Waals surface area contributed by atoms with Crippen molar-refractivity contribution in [3.05, 3.63) is 101 Å². The summed E-state index contributed by atoms with van der Waals surface area (Å²) < 4.78 is 0. The molecule has 1 aliphatic rings. The minimum Gasteiger partial charge on any atom is -0.310 e. The first-order chi connectivity index (χ1) is 13.8. The highest BCUT2D eigenvalue weighted by Crippen LogP contribution is 2.42. The molecule has 0 bridgehead atoms. The fraction of sp³-hybridized carbons (Fsp3) is 0.0800. The molecular weight excluding hydrogens is 362 g/mol. The minimum absolute atomic E-state index is 0.759. The van der Waals surface area contributed by atoms with Gasteiger partial charge in [-0.3, -0.25) is 4.79 Å². The Hall–Kier alpha value is -3.17. The van der Waals surface area contributed by atoms with Gasteiger partial charge < -0.3 is 4.90 Å². The van der Waals surface area contributed by atoms with Crippen molar-refractivity contribution >= 4 is 34.7 Å². The van der Waals surface area contributed by atoms with Crippen LogP contribution in [0, 0.1) is 0 Å². The van der Waals surface area contributed by atoms with Crippen LogP contribution in [0.15, 0.2) is 84.9 Å². The van der Waals surface area contributed by atoms with Gasteiger partial charge in [0.2, 0.25) is 0 Å². The van der Waals surface area contributed by atoms with Gasteiger partial charge >= 0.3 is 0 Å². The number of anilines is 3. The van der Waals surface area contributed by atoms with Gasteiger partial charge in [0.1, 0.15) is 0 Å². The second-order valence-electron chi connectivity index (χ2n) is 6.96. The van der Waals surface area contributed by atoms with Crippen LogP contribution in [0.1, 0.15) is 20.8 Å². The summed E-state index contributed by atoms with van der Waals surface area (Å²) in [5.74, 6) is 0. The minimum atomic E-state index is 0.759. The summed E-state index contributed by atoms with van der Waals surface area (Å²) in [5.41, 5.74) is 7.53. The molecule has 136 valence electrons. The fourth-order valence-corrected chi connectivity index (χ4v) is 4.73. The molecule has 0 atom stereocenters. The molecule has 28 heavy (non-hydrogen) atoms. The third-order valence-electron chi connectivity index (χ3n) is 5.28. The molecule has 0 saturated carbocycles. The summed E-state index contributed by atoms with van der Waals surface area (Å²) >= 11 is 1.53. The largest absolute Gasteiger partial charge is 0.310 e. The summed E-state index contributed by atoms with van der Waals surface area (Å²) in [4.78, 5) is 15.2. The molecule has 2 nitrogen and oxygen atoms in total. The molecule has 5 rings (SSSR count). The smallest absolute Gasteiger partial charge is 0.160 e. The first kappa shape index (κ1) is 17.0. The summed E-state index contributed by atoms with van der Waals surface area (Å²) in [5, 5.41) is 0.